The van der Waals surface area contributed by atoms with E-state index in [-0.39, 0.29) is 11.9 Å². The van der Waals surface area contributed by atoms with Crippen LogP contribution in [0.2, 0.25) is 5.02 Å². The average Bonchev–Trinajstić information content (AvgIpc) is 3.31. The van der Waals surface area contributed by atoms with Gasteiger partial charge in [0.15, 0.2) is 0 Å². The maximum Gasteiger partial charge on any atom is 0.237 e. The predicted octanol–water partition coefficient (Wildman–Crippen LogP) is 5.27. The summed E-state index contributed by atoms with van der Waals surface area (Å²) in [7, 11) is 0. The van der Waals surface area contributed by atoms with Crippen molar-refractivity contribution in [3.8, 4) is 5.75 Å². The van der Waals surface area contributed by atoms with Crippen LogP contribution in [0.5, 0.6) is 5.75 Å². The van der Waals surface area contributed by atoms with Crippen molar-refractivity contribution in [3.63, 3.8) is 0 Å². The zero-order valence-electron chi connectivity index (χ0n) is 21.8. The third kappa shape index (κ3) is 5.93. The molecule has 38 heavy (non-hydrogen) atoms. The molecule has 2 aliphatic rings. The van der Waals surface area contributed by atoms with Gasteiger partial charge in [-0.25, -0.2) is 0 Å². The number of amides is 1. The normalized spacial score (nSPS) is 18.4. The second-order valence-corrected chi connectivity index (χ2v) is 10.7. The number of carbonyl (C=O) groups is 1. The Morgan fingerprint density at radius 1 is 1.21 bits per heavy atom. The van der Waals surface area contributed by atoms with E-state index in [1.54, 1.807) is 20.0 Å². The molecule has 5 rings (SSSR count). The molecule has 1 fully saturated rings. The molecule has 1 saturated heterocycles. The summed E-state index contributed by atoms with van der Waals surface area (Å²) in [6.07, 6.45) is 7.72. The van der Waals surface area contributed by atoms with E-state index in [0.717, 1.165) is 65.2 Å². The quantitative estimate of drug-likeness (QED) is 0.435. The van der Waals surface area contributed by atoms with E-state index in [1.807, 2.05) is 48.5 Å². The summed E-state index contributed by atoms with van der Waals surface area (Å²) < 4.78 is 6.11. The maximum atomic E-state index is 13.0. The number of hydrogen-bond donors (Lipinski definition) is 2. The molecule has 1 amide bonds. The highest BCUT2D eigenvalue weighted by atomic mass is 35.5. The Kier molecular flexibility index (Phi) is 7.84. The van der Waals surface area contributed by atoms with Gasteiger partial charge >= 0.3 is 0 Å². The van der Waals surface area contributed by atoms with E-state index in [1.165, 1.54) is 0 Å². The summed E-state index contributed by atoms with van der Waals surface area (Å²) in [5.41, 5.74) is 4.77. The molecule has 197 valence electrons. The van der Waals surface area contributed by atoms with Crippen molar-refractivity contribution in [2.24, 2.45) is 0 Å². The fraction of sp³-hybridized carbons (Fsp3) is 0.323. The minimum absolute atomic E-state index is 0.0164. The van der Waals surface area contributed by atoms with Gasteiger partial charge in [0.25, 0.3) is 0 Å². The Morgan fingerprint density at radius 2 is 2.03 bits per heavy atom. The van der Waals surface area contributed by atoms with Gasteiger partial charge in [-0.3, -0.25) is 14.7 Å². The minimum atomic E-state index is -0.970. The topological polar surface area (TPSA) is 74.7 Å². The molecule has 1 atom stereocenters. The number of aromatic nitrogens is 1. The smallest absolute Gasteiger partial charge is 0.237 e. The van der Waals surface area contributed by atoms with Gasteiger partial charge in [-0.1, -0.05) is 41.9 Å². The van der Waals surface area contributed by atoms with Crippen LogP contribution in [0.3, 0.4) is 0 Å². The van der Waals surface area contributed by atoms with Crippen LogP contribution in [0.4, 0.5) is 0 Å². The number of benzene rings is 2. The number of nitrogens with one attached hydrogen (secondary N) is 1. The number of nitrogens with zero attached hydrogens (tertiary/aromatic N) is 2. The van der Waals surface area contributed by atoms with Gasteiger partial charge in [0, 0.05) is 35.4 Å². The first-order valence-corrected chi connectivity index (χ1v) is 13.4. The van der Waals surface area contributed by atoms with Crippen molar-refractivity contribution in [3.05, 3.63) is 106 Å². The molecule has 1 radical (unpaired) electrons. The number of likely N-dealkylation sites (tertiary alicyclic amines) is 1. The van der Waals surface area contributed by atoms with Crippen molar-refractivity contribution in [2.75, 3.05) is 13.1 Å². The first-order chi connectivity index (χ1) is 18.3. The molecule has 0 bridgehead atoms. The highest BCUT2D eigenvalue weighted by Gasteiger charge is 2.30. The van der Waals surface area contributed by atoms with Gasteiger partial charge in [0.05, 0.1) is 17.3 Å². The lowest BCUT2D eigenvalue weighted by molar-refractivity contribution is -0.124. The Hall–Kier alpha value is -3.19. The molecule has 0 saturated carbocycles. The lowest BCUT2D eigenvalue weighted by atomic mass is 9.90. The predicted molar refractivity (Wildman–Crippen MR) is 150 cm³/mol. The standard InChI is InChI=1S/C31H33ClN3O3/c1-31(2,37)22-11-14-29-26(18-22)24(25-6-3-15-33-27(25)20-38-29)7-4-16-35-17-5-8-28(35)30(36)34-19-21-9-12-23(32)13-10-21/h3,6-15,18,28,37H,4-5,16-17,19-20H2,1-2H3,(H,34,36). The van der Waals surface area contributed by atoms with E-state index >= 15 is 0 Å². The highest BCUT2D eigenvalue weighted by Crippen LogP contribution is 2.38. The third-order valence-electron chi connectivity index (χ3n) is 7.13. The number of carbonyl (C=O) groups excluding carboxylic acids is 1. The fourth-order valence-corrected chi connectivity index (χ4v) is 5.16. The lowest BCUT2D eigenvalue weighted by Crippen LogP contribution is -2.43. The van der Waals surface area contributed by atoms with Crippen LogP contribution in [-0.2, 0) is 23.5 Å². The van der Waals surface area contributed by atoms with Crippen molar-refractivity contribution in [2.45, 2.75) is 51.5 Å². The van der Waals surface area contributed by atoms with E-state index in [9.17, 15) is 9.90 Å². The Bertz CT molecular complexity index is 1330. The maximum absolute atomic E-state index is 13.0. The zero-order valence-corrected chi connectivity index (χ0v) is 22.5. The van der Waals surface area contributed by atoms with Gasteiger partial charge in [0.2, 0.25) is 5.91 Å². The molecule has 1 unspecified atom stereocenters. The van der Waals surface area contributed by atoms with Gasteiger partial charge in [-0.15, -0.1) is 0 Å². The second-order valence-electron chi connectivity index (χ2n) is 10.3. The van der Waals surface area contributed by atoms with E-state index < -0.39 is 5.60 Å². The van der Waals surface area contributed by atoms with Crippen LogP contribution in [-0.4, -0.2) is 40.0 Å². The zero-order chi connectivity index (χ0) is 26.7. The van der Waals surface area contributed by atoms with Crippen LogP contribution in [0, 0.1) is 6.42 Å². The second kappa shape index (κ2) is 11.3. The first kappa shape index (κ1) is 26.4. The summed E-state index contributed by atoms with van der Waals surface area (Å²) in [6.45, 7) is 6.03. The average molecular weight is 531 g/mol. The number of aliphatic hydroxyl groups is 1. The molecule has 0 aliphatic carbocycles. The van der Waals surface area contributed by atoms with Crippen LogP contribution in [0.25, 0.3) is 5.57 Å². The van der Waals surface area contributed by atoms with Crippen LogP contribution in [0.15, 0.2) is 66.9 Å². The monoisotopic (exact) mass is 530 g/mol. The molecule has 2 aromatic carbocycles. The number of ether oxygens (including phenoxy) is 1. The lowest BCUT2D eigenvalue weighted by Gasteiger charge is -2.23. The summed E-state index contributed by atoms with van der Waals surface area (Å²) in [5, 5.41) is 14.4. The van der Waals surface area contributed by atoms with Gasteiger partial charge in [-0.2, -0.15) is 0 Å². The van der Waals surface area contributed by atoms with E-state index in [0.29, 0.717) is 18.2 Å². The molecule has 0 spiro atoms. The number of rotatable bonds is 7. The van der Waals surface area contributed by atoms with Crippen LogP contribution in [0.1, 0.15) is 54.6 Å². The fourth-order valence-electron chi connectivity index (χ4n) is 5.04. The molecule has 3 heterocycles. The summed E-state index contributed by atoms with van der Waals surface area (Å²) >= 11 is 5.97. The minimum Gasteiger partial charge on any atom is -0.487 e. The van der Waals surface area contributed by atoms with Gasteiger partial charge in [-0.05, 0) is 86.7 Å². The Balaban J connectivity index is 1.33. The van der Waals surface area contributed by atoms with Crippen molar-refractivity contribution >= 4 is 23.1 Å². The Labute approximate surface area is 229 Å². The van der Waals surface area contributed by atoms with E-state index in [2.05, 4.69) is 33.8 Å². The first-order valence-electron chi connectivity index (χ1n) is 13.0. The number of halogens is 1. The van der Waals surface area contributed by atoms with Gasteiger partial charge < -0.3 is 15.2 Å². The van der Waals surface area contributed by atoms with Crippen LogP contribution >= 0.6 is 11.6 Å². The molecular weight excluding hydrogens is 498 g/mol. The summed E-state index contributed by atoms with van der Waals surface area (Å²) in [4.78, 5) is 19.8. The van der Waals surface area contributed by atoms with Crippen molar-refractivity contribution in [1.82, 2.24) is 15.2 Å². The number of hydrogen-bond acceptors (Lipinski definition) is 5. The number of fused-ring (bicyclic) bond motifs is 2. The summed E-state index contributed by atoms with van der Waals surface area (Å²) in [6, 6.07) is 17.1. The number of pyridine rings is 1. The largest absolute Gasteiger partial charge is 0.487 e. The third-order valence-corrected chi connectivity index (χ3v) is 7.39. The molecule has 7 heteroatoms. The molecule has 2 N–H and O–H groups in total. The molecule has 6 nitrogen and oxygen atoms in total. The van der Waals surface area contributed by atoms with Crippen molar-refractivity contribution < 1.29 is 14.6 Å². The SMILES string of the molecule is CC(C)(O)c1ccc2c(c1)C(=CCCN1CC[CH]C1C(=O)NCc1ccc(Cl)cc1)c1cccnc1CO2. The van der Waals surface area contributed by atoms with Crippen molar-refractivity contribution in [1.29, 1.82) is 0 Å². The van der Waals surface area contributed by atoms with Crippen LogP contribution < -0.4 is 10.1 Å². The molecular formula is C31H33ClN3O3. The molecule has 1 aromatic heterocycles. The summed E-state index contributed by atoms with van der Waals surface area (Å²) in [5.74, 6) is 0.791. The Morgan fingerprint density at radius 3 is 2.82 bits per heavy atom. The molecule has 3 aromatic rings. The highest BCUT2D eigenvalue weighted by molar-refractivity contribution is 6.30. The van der Waals surface area contributed by atoms with E-state index in [4.69, 9.17) is 16.3 Å². The van der Waals surface area contributed by atoms with Gasteiger partial charge in [0.1, 0.15) is 12.4 Å². The molecule has 2 aliphatic heterocycles.